The van der Waals surface area contributed by atoms with Crippen LogP contribution in [0, 0.1) is 0 Å². The highest BCUT2D eigenvalue weighted by Gasteiger charge is 2.35. The number of ether oxygens (including phenoxy) is 2. The highest BCUT2D eigenvalue weighted by atomic mass is 35.5. The second kappa shape index (κ2) is 11.2. The third-order valence-corrected chi connectivity index (χ3v) is 4.61. The van der Waals surface area contributed by atoms with E-state index in [2.05, 4.69) is 0 Å². The Hall–Kier alpha value is -2.29. The summed E-state index contributed by atoms with van der Waals surface area (Å²) < 4.78 is 89.2. The van der Waals surface area contributed by atoms with Crippen molar-refractivity contribution < 1.29 is 35.8 Å². The normalized spacial score (nSPS) is 11.5. The van der Waals surface area contributed by atoms with Crippen molar-refractivity contribution >= 4 is 34.8 Å². The Bertz CT molecular complexity index is 1000. The summed E-state index contributed by atoms with van der Waals surface area (Å²) in [5.41, 5.74) is -2.19. The fourth-order valence-electron chi connectivity index (χ4n) is 2.47. The number of hydrogen-bond donors (Lipinski definition) is 0. The SMILES string of the molecule is CCCl.FC(F)(F)c1cccc(Oc2ccccc2Oc2cccc(C(F)(F)F)c2Cl)c1Cl. The summed E-state index contributed by atoms with van der Waals surface area (Å²) >= 11 is 16.6. The van der Waals surface area contributed by atoms with E-state index in [1.165, 1.54) is 36.4 Å². The molecule has 0 unspecified atom stereocenters. The van der Waals surface area contributed by atoms with Crippen LogP contribution < -0.4 is 9.47 Å². The van der Waals surface area contributed by atoms with Crippen LogP contribution in [0.5, 0.6) is 23.0 Å². The fraction of sp³-hybridized carbons (Fsp3) is 0.182. The molecule has 33 heavy (non-hydrogen) atoms. The Labute approximate surface area is 200 Å². The van der Waals surface area contributed by atoms with Gasteiger partial charge in [0.1, 0.15) is 11.5 Å². The molecule has 0 aliphatic heterocycles. The van der Waals surface area contributed by atoms with Crippen molar-refractivity contribution in [1.82, 2.24) is 0 Å². The van der Waals surface area contributed by atoms with Crippen molar-refractivity contribution in [3.8, 4) is 23.0 Å². The smallest absolute Gasteiger partial charge is 0.417 e. The van der Waals surface area contributed by atoms with Crippen molar-refractivity contribution in [2.45, 2.75) is 19.3 Å². The minimum atomic E-state index is -4.70. The molecule has 178 valence electrons. The van der Waals surface area contributed by atoms with E-state index in [4.69, 9.17) is 44.3 Å². The molecule has 0 N–H and O–H groups in total. The van der Waals surface area contributed by atoms with E-state index in [-0.39, 0.29) is 23.0 Å². The van der Waals surface area contributed by atoms with Crippen molar-refractivity contribution in [2.24, 2.45) is 0 Å². The van der Waals surface area contributed by atoms with E-state index < -0.39 is 33.5 Å². The Balaban J connectivity index is 0.00000122. The lowest BCUT2D eigenvalue weighted by Crippen LogP contribution is -2.06. The molecule has 0 fully saturated rings. The van der Waals surface area contributed by atoms with Crippen molar-refractivity contribution in [3.63, 3.8) is 0 Å². The van der Waals surface area contributed by atoms with Gasteiger partial charge in [-0.2, -0.15) is 26.3 Å². The number of benzene rings is 3. The molecule has 0 spiro atoms. The van der Waals surface area contributed by atoms with Crippen LogP contribution in [0.2, 0.25) is 10.0 Å². The Morgan fingerprint density at radius 2 is 0.909 bits per heavy atom. The molecule has 3 aromatic rings. The molecule has 0 heterocycles. The Morgan fingerprint density at radius 3 is 1.21 bits per heavy atom. The van der Waals surface area contributed by atoms with E-state index in [0.717, 1.165) is 30.1 Å². The van der Waals surface area contributed by atoms with Crippen molar-refractivity contribution in [1.29, 1.82) is 0 Å². The first-order valence-electron chi connectivity index (χ1n) is 9.12. The van der Waals surface area contributed by atoms with Gasteiger partial charge in [-0.15, -0.1) is 11.6 Å². The number of alkyl halides is 7. The van der Waals surface area contributed by atoms with Gasteiger partial charge in [-0.05, 0) is 36.4 Å². The van der Waals surface area contributed by atoms with Crippen molar-refractivity contribution in [3.05, 3.63) is 81.8 Å². The first kappa shape index (κ1) is 27.0. The van der Waals surface area contributed by atoms with Gasteiger partial charge in [-0.3, -0.25) is 0 Å². The van der Waals surface area contributed by atoms with E-state index in [1.807, 2.05) is 6.92 Å². The molecule has 0 bridgehead atoms. The lowest BCUT2D eigenvalue weighted by molar-refractivity contribution is -0.138. The highest BCUT2D eigenvalue weighted by molar-refractivity contribution is 6.33. The molecule has 0 amide bonds. The molecular formula is C22H15Cl3F6O2. The second-order valence-electron chi connectivity index (χ2n) is 6.15. The summed E-state index contributed by atoms with van der Waals surface area (Å²) in [4.78, 5) is 0. The second-order valence-corrected chi connectivity index (χ2v) is 7.44. The van der Waals surface area contributed by atoms with Gasteiger partial charge >= 0.3 is 12.4 Å². The molecule has 0 atom stereocenters. The zero-order valence-electron chi connectivity index (χ0n) is 16.7. The summed E-state index contributed by atoms with van der Waals surface area (Å²) in [6, 6.07) is 11.9. The zero-order valence-corrected chi connectivity index (χ0v) is 19.0. The topological polar surface area (TPSA) is 18.5 Å². The molecule has 0 saturated heterocycles. The number of hydrogen-bond acceptors (Lipinski definition) is 2. The molecule has 2 nitrogen and oxygen atoms in total. The van der Waals surface area contributed by atoms with Crippen LogP contribution in [0.4, 0.5) is 26.3 Å². The van der Waals surface area contributed by atoms with Gasteiger partial charge in [0.15, 0.2) is 11.5 Å². The maximum Gasteiger partial charge on any atom is 0.417 e. The van der Waals surface area contributed by atoms with Gasteiger partial charge in [0, 0.05) is 5.88 Å². The van der Waals surface area contributed by atoms with Gasteiger partial charge in [-0.25, -0.2) is 0 Å². The lowest BCUT2D eigenvalue weighted by Gasteiger charge is -2.17. The molecule has 11 heteroatoms. The summed E-state index contributed by atoms with van der Waals surface area (Å²) in [6.45, 7) is 1.89. The first-order valence-corrected chi connectivity index (χ1v) is 10.4. The molecule has 0 aromatic heterocycles. The molecular weight excluding hydrogens is 517 g/mol. The third-order valence-electron chi connectivity index (χ3n) is 3.83. The average molecular weight is 532 g/mol. The monoisotopic (exact) mass is 530 g/mol. The predicted octanol–water partition coefficient (Wildman–Crippen LogP) is 9.86. The van der Waals surface area contributed by atoms with E-state index in [1.54, 1.807) is 0 Å². The van der Waals surface area contributed by atoms with Gasteiger partial charge in [0.2, 0.25) is 0 Å². The summed E-state index contributed by atoms with van der Waals surface area (Å²) in [5.74, 6) is -0.0465. The zero-order chi connectivity index (χ0) is 24.8. The minimum absolute atomic E-state index is 0.0767. The van der Waals surface area contributed by atoms with Gasteiger partial charge in [0.05, 0.1) is 21.2 Å². The minimum Gasteiger partial charge on any atom is -0.452 e. The van der Waals surface area contributed by atoms with Gasteiger partial charge in [0.25, 0.3) is 0 Å². The van der Waals surface area contributed by atoms with Crippen LogP contribution in [-0.2, 0) is 12.4 Å². The molecule has 0 radical (unpaired) electrons. The first-order chi connectivity index (χ1) is 15.4. The Morgan fingerprint density at radius 1 is 0.606 bits per heavy atom. The highest BCUT2D eigenvalue weighted by Crippen LogP contribution is 2.45. The molecule has 0 aliphatic carbocycles. The van der Waals surface area contributed by atoms with E-state index >= 15 is 0 Å². The van der Waals surface area contributed by atoms with Gasteiger partial charge < -0.3 is 9.47 Å². The quantitative estimate of drug-likeness (QED) is 0.246. The van der Waals surface area contributed by atoms with Gasteiger partial charge in [-0.1, -0.05) is 54.4 Å². The molecule has 0 saturated carbocycles. The maximum atomic E-state index is 13.0. The fourth-order valence-corrected chi connectivity index (χ4v) is 3.02. The third kappa shape index (κ3) is 7.09. The summed E-state index contributed by atoms with van der Waals surface area (Å²) in [7, 11) is 0. The van der Waals surface area contributed by atoms with Crippen LogP contribution in [0.15, 0.2) is 60.7 Å². The van der Waals surface area contributed by atoms with Crippen molar-refractivity contribution in [2.75, 3.05) is 5.88 Å². The predicted molar refractivity (Wildman–Crippen MR) is 116 cm³/mol. The van der Waals surface area contributed by atoms with E-state index in [0.29, 0.717) is 0 Å². The largest absolute Gasteiger partial charge is 0.452 e. The number of rotatable bonds is 4. The van der Waals surface area contributed by atoms with Crippen LogP contribution in [0.1, 0.15) is 18.1 Å². The maximum absolute atomic E-state index is 13.0. The standard InChI is InChI=1S/C20H10Cl2F6O2.C2H5Cl/c21-17-11(19(23,24)25)5-3-9-15(17)29-13-7-1-2-8-14(13)30-16-10-4-6-12(18(16)22)20(26,27)28;1-2-3/h1-10H;2H2,1H3. The number of para-hydroxylation sites is 2. The number of halogens is 9. The lowest BCUT2D eigenvalue weighted by atomic mass is 10.2. The van der Waals surface area contributed by atoms with Crippen LogP contribution >= 0.6 is 34.8 Å². The van der Waals surface area contributed by atoms with E-state index in [9.17, 15) is 26.3 Å². The van der Waals surface area contributed by atoms with Crippen LogP contribution in [-0.4, -0.2) is 5.88 Å². The average Bonchev–Trinajstić information content (AvgIpc) is 2.71. The molecule has 0 aliphatic rings. The van der Waals surface area contributed by atoms with Crippen LogP contribution in [0.3, 0.4) is 0 Å². The molecule has 3 rings (SSSR count). The Kier molecular flexibility index (Phi) is 9.17. The summed E-state index contributed by atoms with van der Waals surface area (Å²) in [5, 5.41) is -1.34. The summed E-state index contributed by atoms with van der Waals surface area (Å²) in [6.07, 6.45) is -9.39. The van der Waals surface area contributed by atoms with Crippen LogP contribution in [0.25, 0.3) is 0 Å². The molecule has 3 aromatic carbocycles.